The third-order valence-electron chi connectivity index (χ3n) is 6.17. The summed E-state index contributed by atoms with van der Waals surface area (Å²) in [5.74, 6) is 2.17. The van der Waals surface area contributed by atoms with E-state index in [4.69, 9.17) is 19.2 Å². The van der Waals surface area contributed by atoms with Crippen LogP contribution in [0.3, 0.4) is 0 Å². The number of rotatable bonds is 10. The molecule has 4 aromatic heterocycles. The SMILES string of the molecule is COCCOc1cc2[nH]c(-c3c(N[C@H](c4ncccn4)C(C)C)c4nn(C)cc4[nH]c3=O)nc2cc1OC. The number of nitrogens with zero attached hydrogens (tertiary/aromatic N) is 5. The van der Waals surface area contributed by atoms with Crippen molar-refractivity contribution in [1.82, 2.24) is 34.7 Å². The molecule has 0 saturated heterocycles. The third-order valence-corrected chi connectivity index (χ3v) is 6.17. The topological polar surface area (TPSA) is 145 Å². The monoisotopic (exact) mass is 518 g/mol. The number of aryl methyl sites for hydroxylation is 1. The molecule has 3 N–H and O–H groups in total. The Morgan fingerprint density at radius 1 is 1.05 bits per heavy atom. The summed E-state index contributed by atoms with van der Waals surface area (Å²) in [5, 5.41) is 8.16. The Kier molecular flexibility index (Phi) is 6.97. The van der Waals surface area contributed by atoms with Crippen LogP contribution in [0.2, 0.25) is 0 Å². The van der Waals surface area contributed by atoms with Crippen LogP contribution in [0.15, 0.2) is 41.6 Å². The summed E-state index contributed by atoms with van der Waals surface area (Å²) in [7, 11) is 4.98. The van der Waals surface area contributed by atoms with Gasteiger partial charge in [0.1, 0.15) is 23.5 Å². The third kappa shape index (κ3) is 4.77. The van der Waals surface area contributed by atoms with Gasteiger partial charge in [-0.1, -0.05) is 13.8 Å². The van der Waals surface area contributed by atoms with Gasteiger partial charge in [0.25, 0.3) is 5.56 Å². The number of anilines is 1. The molecule has 1 aromatic carbocycles. The van der Waals surface area contributed by atoms with Crippen LogP contribution in [0.25, 0.3) is 33.5 Å². The van der Waals surface area contributed by atoms with Crippen molar-refractivity contribution in [2.75, 3.05) is 32.8 Å². The number of pyridine rings is 1. The molecule has 5 rings (SSSR count). The Morgan fingerprint density at radius 2 is 1.84 bits per heavy atom. The Labute approximate surface area is 218 Å². The van der Waals surface area contributed by atoms with Crippen LogP contribution < -0.4 is 20.3 Å². The number of hydrogen-bond acceptors (Lipinski definition) is 9. The van der Waals surface area contributed by atoms with Gasteiger partial charge < -0.3 is 29.5 Å². The number of ether oxygens (including phenoxy) is 3. The number of nitrogens with one attached hydrogen (secondary N) is 3. The smallest absolute Gasteiger partial charge is 0.261 e. The first-order valence-corrected chi connectivity index (χ1v) is 12.2. The molecule has 0 aliphatic carbocycles. The van der Waals surface area contributed by atoms with Crippen LogP contribution in [0.1, 0.15) is 25.7 Å². The summed E-state index contributed by atoms with van der Waals surface area (Å²) in [6.45, 7) is 4.93. The molecule has 4 heterocycles. The molecule has 0 saturated carbocycles. The summed E-state index contributed by atoms with van der Waals surface area (Å²) in [4.78, 5) is 33.4. The van der Waals surface area contributed by atoms with Crippen LogP contribution in [0, 0.1) is 5.92 Å². The first-order valence-electron chi connectivity index (χ1n) is 12.2. The van der Waals surface area contributed by atoms with E-state index in [9.17, 15) is 4.79 Å². The van der Waals surface area contributed by atoms with Gasteiger partial charge in [0.15, 0.2) is 17.3 Å². The number of aromatic amines is 2. The van der Waals surface area contributed by atoms with E-state index in [0.717, 1.165) is 0 Å². The number of benzene rings is 1. The molecule has 0 radical (unpaired) electrons. The van der Waals surface area contributed by atoms with Crippen molar-refractivity contribution in [3.8, 4) is 22.9 Å². The highest BCUT2D eigenvalue weighted by molar-refractivity contribution is 5.96. The molecule has 198 valence electrons. The molecule has 12 heteroatoms. The quantitative estimate of drug-likeness (QED) is 0.237. The lowest BCUT2D eigenvalue weighted by Crippen LogP contribution is -2.22. The maximum absolute atomic E-state index is 13.5. The molecular formula is C26H30N8O4. The molecule has 38 heavy (non-hydrogen) atoms. The Hall–Kier alpha value is -4.45. The lowest BCUT2D eigenvalue weighted by Gasteiger charge is -2.23. The molecule has 0 aliphatic rings. The summed E-state index contributed by atoms with van der Waals surface area (Å²) < 4.78 is 18.1. The van der Waals surface area contributed by atoms with E-state index < -0.39 is 0 Å². The van der Waals surface area contributed by atoms with E-state index in [2.05, 4.69) is 44.2 Å². The van der Waals surface area contributed by atoms with Gasteiger partial charge in [0.05, 0.1) is 42.0 Å². The van der Waals surface area contributed by atoms with Gasteiger partial charge in [-0.2, -0.15) is 5.10 Å². The molecule has 5 aromatic rings. The van der Waals surface area contributed by atoms with Crippen LogP contribution in [-0.4, -0.2) is 62.1 Å². The summed E-state index contributed by atoms with van der Waals surface area (Å²) in [5.41, 5.74) is 3.07. The van der Waals surface area contributed by atoms with Crippen molar-refractivity contribution in [2.45, 2.75) is 19.9 Å². The van der Waals surface area contributed by atoms with Gasteiger partial charge >= 0.3 is 0 Å². The Bertz CT molecular complexity index is 1620. The van der Waals surface area contributed by atoms with Gasteiger partial charge in [-0.05, 0) is 12.0 Å². The average Bonchev–Trinajstić information content (AvgIpc) is 3.48. The van der Waals surface area contributed by atoms with E-state index >= 15 is 0 Å². The molecule has 1 atom stereocenters. The second-order valence-electron chi connectivity index (χ2n) is 9.19. The van der Waals surface area contributed by atoms with Crippen molar-refractivity contribution in [2.24, 2.45) is 13.0 Å². The van der Waals surface area contributed by atoms with Gasteiger partial charge in [0.2, 0.25) is 0 Å². The minimum absolute atomic E-state index is 0.107. The van der Waals surface area contributed by atoms with Crippen molar-refractivity contribution in [3.05, 3.63) is 53.0 Å². The highest BCUT2D eigenvalue weighted by Crippen LogP contribution is 2.36. The van der Waals surface area contributed by atoms with Gasteiger partial charge in [-0.25, -0.2) is 15.0 Å². The highest BCUT2D eigenvalue weighted by Gasteiger charge is 2.26. The molecule has 0 amide bonds. The minimum atomic E-state index is -0.313. The molecule has 0 bridgehead atoms. The largest absolute Gasteiger partial charge is 0.493 e. The van der Waals surface area contributed by atoms with Crippen molar-refractivity contribution in [3.63, 3.8) is 0 Å². The molecule has 0 spiro atoms. The Balaban J connectivity index is 1.67. The average molecular weight is 519 g/mol. The molecule has 0 aliphatic heterocycles. The fourth-order valence-corrected chi connectivity index (χ4v) is 4.35. The number of imidazole rings is 1. The second kappa shape index (κ2) is 10.5. The van der Waals surface area contributed by atoms with E-state index in [1.54, 1.807) is 62.7 Å². The summed E-state index contributed by atoms with van der Waals surface area (Å²) in [6, 6.07) is 5.06. The molecular weight excluding hydrogens is 488 g/mol. The zero-order valence-electron chi connectivity index (χ0n) is 21.9. The highest BCUT2D eigenvalue weighted by atomic mass is 16.5. The van der Waals surface area contributed by atoms with E-state index in [-0.39, 0.29) is 17.5 Å². The van der Waals surface area contributed by atoms with Gasteiger partial charge in [-0.15, -0.1) is 0 Å². The van der Waals surface area contributed by atoms with E-state index in [0.29, 0.717) is 69.7 Å². The first kappa shape index (κ1) is 25.2. The Morgan fingerprint density at radius 3 is 2.55 bits per heavy atom. The first-order chi connectivity index (χ1) is 18.4. The number of H-pyrrole nitrogens is 2. The summed E-state index contributed by atoms with van der Waals surface area (Å²) >= 11 is 0. The second-order valence-corrected chi connectivity index (χ2v) is 9.19. The van der Waals surface area contributed by atoms with Gasteiger partial charge in [-0.3, -0.25) is 9.48 Å². The van der Waals surface area contributed by atoms with Crippen molar-refractivity contribution >= 4 is 27.8 Å². The summed E-state index contributed by atoms with van der Waals surface area (Å²) in [6.07, 6.45) is 5.17. The van der Waals surface area contributed by atoms with Crippen LogP contribution >= 0.6 is 0 Å². The fraction of sp³-hybridized carbons (Fsp3) is 0.346. The fourth-order valence-electron chi connectivity index (χ4n) is 4.35. The van der Waals surface area contributed by atoms with Crippen LogP contribution in [0.4, 0.5) is 5.69 Å². The van der Waals surface area contributed by atoms with Crippen LogP contribution in [-0.2, 0) is 11.8 Å². The zero-order chi connectivity index (χ0) is 26.8. The predicted molar refractivity (Wildman–Crippen MR) is 144 cm³/mol. The molecule has 12 nitrogen and oxygen atoms in total. The lowest BCUT2D eigenvalue weighted by atomic mass is 10.0. The standard InChI is InChI=1S/C26H30N8O4/c1-14(2)21(25-27-7-6-8-28-25)32-23-20(26(35)31-17-13-34(3)33-22(17)23)24-29-15-11-18(37-5)19(12-16(15)30-24)38-10-9-36-4/h6-8,11-14,21,32H,9-10H2,1-5H3,(H,29,30)(H,31,35)/t21-/m0/s1. The van der Waals surface area contributed by atoms with Gasteiger partial charge in [0, 0.05) is 44.9 Å². The molecule has 0 unspecified atom stereocenters. The lowest BCUT2D eigenvalue weighted by molar-refractivity contribution is 0.144. The normalized spacial score (nSPS) is 12.4. The zero-order valence-corrected chi connectivity index (χ0v) is 21.9. The maximum atomic E-state index is 13.5. The minimum Gasteiger partial charge on any atom is -0.493 e. The molecule has 0 fully saturated rings. The van der Waals surface area contributed by atoms with Crippen molar-refractivity contribution in [1.29, 1.82) is 0 Å². The predicted octanol–water partition coefficient (Wildman–Crippen LogP) is 3.44. The van der Waals surface area contributed by atoms with Crippen molar-refractivity contribution < 1.29 is 14.2 Å². The number of methoxy groups -OCH3 is 2. The van der Waals surface area contributed by atoms with E-state index in [1.807, 2.05) is 0 Å². The maximum Gasteiger partial charge on any atom is 0.261 e. The number of aromatic nitrogens is 7. The van der Waals surface area contributed by atoms with E-state index in [1.165, 1.54) is 0 Å². The van der Waals surface area contributed by atoms with Crippen LogP contribution in [0.5, 0.6) is 11.5 Å². The number of fused-ring (bicyclic) bond motifs is 2. The number of hydrogen-bond donors (Lipinski definition) is 3.